The summed E-state index contributed by atoms with van der Waals surface area (Å²) in [4.78, 5) is 0. The van der Waals surface area contributed by atoms with E-state index in [1.807, 2.05) is 6.07 Å². The van der Waals surface area contributed by atoms with Gasteiger partial charge in [0.15, 0.2) is 0 Å². The second-order valence-electron chi connectivity index (χ2n) is 5.12. The Kier molecular flexibility index (Phi) is 3.28. The Labute approximate surface area is 117 Å². The smallest absolute Gasteiger partial charge is 0.123 e. The largest absolute Gasteiger partial charge is 0.343 e. The van der Waals surface area contributed by atoms with E-state index in [1.54, 1.807) is 0 Å². The lowest BCUT2D eigenvalue weighted by atomic mass is 10.1. The molecule has 2 N–H and O–H groups in total. The van der Waals surface area contributed by atoms with Crippen LogP contribution in [0.2, 0.25) is 0 Å². The fourth-order valence-corrected chi connectivity index (χ4v) is 2.55. The Morgan fingerprint density at radius 3 is 2.70 bits per heavy atom. The first kappa shape index (κ1) is 12.9. The quantitative estimate of drug-likeness (QED) is 0.773. The van der Waals surface area contributed by atoms with Crippen molar-refractivity contribution in [3.05, 3.63) is 71.2 Å². The number of fused-ring (bicyclic) bond motifs is 1. The van der Waals surface area contributed by atoms with E-state index in [-0.39, 0.29) is 5.82 Å². The fraction of sp³-hybridized carbons (Fsp3) is 0.176. The molecule has 0 fully saturated rings. The van der Waals surface area contributed by atoms with Gasteiger partial charge in [0.2, 0.25) is 0 Å². The van der Waals surface area contributed by atoms with Gasteiger partial charge in [-0.05, 0) is 53.3 Å². The molecular weight excluding hydrogens is 251 g/mol. The lowest BCUT2D eigenvalue weighted by Crippen LogP contribution is -2.06. The van der Waals surface area contributed by atoms with Gasteiger partial charge in [-0.25, -0.2) is 4.39 Å². The van der Waals surface area contributed by atoms with Gasteiger partial charge in [-0.2, -0.15) is 0 Å². The zero-order valence-corrected chi connectivity index (χ0v) is 11.4. The number of nitrogens with zero attached hydrogens (tertiary/aromatic N) is 1. The van der Waals surface area contributed by atoms with Crippen LogP contribution in [0.5, 0.6) is 0 Å². The highest BCUT2D eigenvalue weighted by molar-refractivity contribution is 5.80. The minimum absolute atomic E-state index is 0.234. The predicted molar refractivity (Wildman–Crippen MR) is 80.1 cm³/mol. The lowest BCUT2D eigenvalue weighted by Gasteiger charge is -2.10. The number of hydrogen-bond acceptors (Lipinski definition) is 1. The summed E-state index contributed by atoms with van der Waals surface area (Å²) in [5, 5.41) is 1.21. The summed E-state index contributed by atoms with van der Waals surface area (Å²) in [7, 11) is 0. The van der Waals surface area contributed by atoms with Gasteiger partial charge in [0.05, 0.1) is 0 Å². The van der Waals surface area contributed by atoms with E-state index in [1.165, 1.54) is 28.6 Å². The van der Waals surface area contributed by atoms with Crippen molar-refractivity contribution in [2.75, 3.05) is 0 Å². The Hall–Kier alpha value is -2.13. The third-order valence-electron chi connectivity index (χ3n) is 3.66. The van der Waals surface area contributed by atoms with Gasteiger partial charge in [-0.15, -0.1) is 0 Å². The Morgan fingerprint density at radius 2 is 1.90 bits per heavy atom. The summed E-state index contributed by atoms with van der Waals surface area (Å²) < 4.78 is 15.4. The Morgan fingerprint density at radius 1 is 1.05 bits per heavy atom. The normalized spacial score (nSPS) is 11.2. The molecule has 0 aliphatic rings. The lowest BCUT2D eigenvalue weighted by molar-refractivity contribution is 0.623. The highest BCUT2D eigenvalue weighted by Gasteiger charge is 2.06. The van der Waals surface area contributed by atoms with Crippen LogP contribution in [0.1, 0.15) is 16.7 Å². The minimum Gasteiger partial charge on any atom is -0.343 e. The molecule has 0 atom stereocenters. The van der Waals surface area contributed by atoms with Crippen LogP contribution in [0.4, 0.5) is 4.39 Å². The van der Waals surface area contributed by atoms with E-state index >= 15 is 0 Å². The van der Waals surface area contributed by atoms with Crippen LogP contribution < -0.4 is 5.73 Å². The molecule has 0 aliphatic carbocycles. The van der Waals surface area contributed by atoms with E-state index in [0.717, 1.165) is 11.1 Å². The highest BCUT2D eigenvalue weighted by Crippen LogP contribution is 2.20. The number of nitrogens with two attached hydrogens (primary N) is 1. The molecule has 3 aromatic rings. The summed E-state index contributed by atoms with van der Waals surface area (Å²) in [5.74, 6) is -0.234. The first-order valence-corrected chi connectivity index (χ1v) is 6.70. The summed E-state index contributed by atoms with van der Waals surface area (Å²) in [6.45, 7) is 3.14. The predicted octanol–water partition coefficient (Wildman–Crippen LogP) is 3.60. The van der Waals surface area contributed by atoms with Crippen LogP contribution in [0, 0.1) is 12.7 Å². The van der Waals surface area contributed by atoms with Gasteiger partial charge >= 0.3 is 0 Å². The summed E-state index contributed by atoms with van der Waals surface area (Å²) in [6.07, 6.45) is 2.06. The van der Waals surface area contributed by atoms with Crippen molar-refractivity contribution in [3.8, 4) is 0 Å². The zero-order valence-electron chi connectivity index (χ0n) is 11.4. The number of benzene rings is 2. The number of hydrogen-bond donors (Lipinski definition) is 1. The molecule has 3 heteroatoms. The first-order valence-electron chi connectivity index (χ1n) is 6.70. The molecule has 0 amide bonds. The average molecular weight is 268 g/mol. The van der Waals surface area contributed by atoms with Crippen LogP contribution in [0.15, 0.2) is 48.7 Å². The maximum Gasteiger partial charge on any atom is 0.123 e. The van der Waals surface area contributed by atoms with Crippen LogP contribution >= 0.6 is 0 Å². The molecule has 2 nitrogen and oxygen atoms in total. The van der Waals surface area contributed by atoms with Crippen molar-refractivity contribution in [2.45, 2.75) is 20.0 Å². The molecule has 3 rings (SSSR count). The van der Waals surface area contributed by atoms with E-state index in [2.05, 4.69) is 42.0 Å². The highest BCUT2D eigenvalue weighted by atomic mass is 19.1. The maximum absolute atomic E-state index is 13.3. The van der Waals surface area contributed by atoms with Crippen molar-refractivity contribution >= 4 is 10.9 Å². The van der Waals surface area contributed by atoms with Gasteiger partial charge < -0.3 is 10.3 Å². The number of halogens is 1. The molecule has 0 bridgehead atoms. The van der Waals surface area contributed by atoms with Crippen molar-refractivity contribution in [1.29, 1.82) is 0 Å². The average Bonchev–Trinajstić information content (AvgIpc) is 2.83. The van der Waals surface area contributed by atoms with Gasteiger partial charge in [0.25, 0.3) is 0 Å². The monoisotopic (exact) mass is 268 g/mol. The van der Waals surface area contributed by atoms with Crippen LogP contribution in [-0.4, -0.2) is 4.57 Å². The third kappa shape index (κ3) is 2.32. The first-order chi connectivity index (χ1) is 9.67. The molecule has 102 valence electrons. The minimum atomic E-state index is -0.234. The topological polar surface area (TPSA) is 30.9 Å². The van der Waals surface area contributed by atoms with E-state index in [4.69, 9.17) is 5.73 Å². The Balaban J connectivity index is 2.03. The molecule has 0 radical (unpaired) electrons. The van der Waals surface area contributed by atoms with Crippen molar-refractivity contribution in [1.82, 2.24) is 4.57 Å². The molecule has 0 unspecified atom stereocenters. The molecular formula is C17H17FN2. The van der Waals surface area contributed by atoms with Gasteiger partial charge in [0.1, 0.15) is 5.82 Å². The molecule has 20 heavy (non-hydrogen) atoms. The second-order valence-corrected chi connectivity index (χ2v) is 5.12. The molecule has 0 aliphatic heterocycles. The molecule has 1 heterocycles. The van der Waals surface area contributed by atoms with Crippen LogP contribution in [0.25, 0.3) is 10.9 Å². The Bertz CT molecular complexity index is 759. The van der Waals surface area contributed by atoms with Crippen molar-refractivity contribution < 1.29 is 4.39 Å². The number of aryl methyl sites for hydroxylation is 1. The third-order valence-corrected chi connectivity index (χ3v) is 3.66. The van der Waals surface area contributed by atoms with Crippen LogP contribution in [0.3, 0.4) is 0 Å². The van der Waals surface area contributed by atoms with Crippen molar-refractivity contribution in [2.24, 2.45) is 5.73 Å². The van der Waals surface area contributed by atoms with E-state index < -0.39 is 0 Å². The van der Waals surface area contributed by atoms with Crippen molar-refractivity contribution in [3.63, 3.8) is 0 Å². The summed E-state index contributed by atoms with van der Waals surface area (Å²) in [6, 6.07) is 13.3. The van der Waals surface area contributed by atoms with Gasteiger partial charge in [-0.3, -0.25) is 0 Å². The van der Waals surface area contributed by atoms with Gasteiger partial charge in [0, 0.05) is 24.8 Å². The van der Waals surface area contributed by atoms with Crippen LogP contribution in [-0.2, 0) is 13.1 Å². The summed E-state index contributed by atoms with van der Waals surface area (Å²) in [5.41, 5.74) is 10.1. The SMILES string of the molecule is Cc1ccc2ccn(Cc3ccc(F)cc3CN)c2c1. The molecule has 0 saturated heterocycles. The molecule has 2 aromatic carbocycles. The molecule has 0 saturated carbocycles. The standard InChI is InChI=1S/C17H17FN2/c1-12-2-3-13-6-7-20(17(13)8-12)11-14-4-5-16(18)9-15(14)10-19/h2-9H,10-11,19H2,1H3. The zero-order chi connectivity index (χ0) is 14.1. The van der Waals surface area contributed by atoms with E-state index in [0.29, 0.717) is 13.1 Å². The maximum atomic E-state index is 13.3. The number of aromatic nitrogens is 1. The molecule has 1 aromatic heterocycles. The molecule has 0 spiro atoms. The summed E-state index contributed by atoms with van der Waals surface area (Å²) >= 11 is 0. The second kappa shape index (κ2) is 5.10. The number of rotatable bonds is 3. The fourth-order valence-electron chi connectivity index (χ4n) is 2.55. The van der Waals surface area contributed by atoms with Gasteiger partial charge in [-0.1, -0.05) is 18.2 Å². The van der Waals surface area contributed by atoms with E-state index in [9.17, 15) is 4.39 Å².